The summed E-state index contributed by atoms with van der Waals surface area (Å²) in [4.78, 5) is 2.09. The second kappa shape index (κ2) is 5.27. The molecule has 100 valence electrons. The minimum absolute atomic E-state index is 0.224. The maximum Gasteiger partial charge on any atom is 0.146 e. The third kappa shape index (κ3) is 2.51. The number of anilines is 1. The molecule has 1 aliphatic rings. The second-order valence-corrected chi connectivity index (χ2v) is 5.59. The molecule has 1 N–H and O–H groups in total. The van der Waals surface area contributed by atoms with Gasteiger partial charge in [0.05, 0.1) is 11.8 Å². The van der Waals surface area contributed by atoms with E-state index in [9.17, 15) is 9.50 Å². The third-order valence-corrected chi connectivity index (χ3v) is 3.95. The number of aliphatic hydroxyl groups is 1. The predicted octanol–water partition coefficient (Wildman–Crippen LogP) is 3.36. The average molecular weight is 251 g/mol. The van der Waals surface area contributed by atoms with Crippen molar-refractivity contribution in [3.8, 4) is 0 Å². The van der Waals surface area contributed by atoms with Gasteiger partial charge in [0.2, 0.25) is 0 Å². The lowest BCUT2D eigenvalue weighted by Gasteiger charge is -2.24. The Morgan fingerprint density at radius 2 is 2.06 bits per heavy atom. The second-order valence-electron chi connectivity index (χ2n) is 5.59. The highest BCUT2D eigenvalue weighted by Crippen LogP contribution is 2.34. The van der Waals surface area contributed by atoms with Crippen LogP contribution in [0.15, 0.2) is 18.2 Å². The molecule has 0 radical (unpaired) electrons. The van der Waals surface area contributed by atoms with Gasteiger partial charge in [-0.1, -0.05) is 26.0 Å². The van der Waals surface area contributed by atoms with Crippen molar-refractivity contribution < 1.29 is 9.50 Å². The van der Waals surface area contributed by atoms with Gasteiger partial charge in [0.25, 0.3) is 0 Å². The summed E-state index contributed by atoms with van der Waals surface area (Å²) in [7, 11) is 0. The fraction of sp³-hybridized carbons (Fsp3) is 0.600. The van der Waals surface area contributed by atoms with Crippen molar-refractivity contribution in [2.45, 2.75) is 33.3 Å². The number of para-hydroxylation sites is 1. The van der Waals surface area contributed by atoms with Crippen LogP contribution in [0.3, 0.4) is 0 Å². The summed E-state index contributed by atoms with van der Waals surface area (Å²) in [6.45, 7) is 7.88. The number of hydrogen-bond donors (Lipinski definition) is 1. The lowest BCUT2D eigenvalue weighted by molar-refractivity contribution is 0.199. The van der Waals surface area contributed by atoms with Crippen molar-refractivity contribution >= 4 is 5.69 Å². The van der Waals surface area contributed by atoms with Crippen LogP contribution < -0.4 is 4.90 Å². The van der Waals surface area contributed by atoms with Crippen LogP contribution in [0.1, 0.15) is 38.9 Å². The van der Waals surface area contributed by atoms with E-state index in [4.69, 9.17) is 0 Å². The molecule has 0 bridgehead atoms. The molecule has 1 aromatic carbocycles. The summed E-state index contributed by atoms with van der Waals surface area (Å²) >= 11 is 0. The highest BCUT2D eigenvalue weighted by molar-refractivity contribution is 5.56. The quantitative estimate of drug-likeness (QED) is 0.890. The topological polar surface area (TPSA) is 23.5 Å². The molecule has 1 saturated heterocycles. The molecule has 0 aliphatic carbocycles. The van der Waals surface area contributed by atoms with Crippen molar-refractivity contribution in [3.63, 3.8) is 0 Å². The van der Waals surface area contributed by atoms with Crippen molar-refractivity contribution in [2.24, 2.45) is 11.8 Å². The van der Waals surface area contributed by atoms with Crippen LogP contribution in [0.5, 0.6) is 0 Å². The standard InChI is InChI=1S/C15H22FNO/c1-10(2)12-7-8-17(9-12)15-13(11(3)18)5-4-6-14(15)16/h4-6,10-12,18H,7-9H2,1-3H3. The molecular weight excluding hydrogens is 229 g/mol. The highest BCUT2D eigenvalue weighted by atomic mass is 19.1. The van der Waals surface area contributed by atoms with Crippen LogP contribution in [-0.2, 0) is 0 Å². The average Bonchev–Trinajstić information content (AvgIpc) is 2.77. The van der Waals surface area contributed by atoms with Crippen molar-refractivity contribution in [3.05, 3.63) is 29.6 Å². The van der Waals surface area contributed by atoms with Crippen molar-refractivity contribution in [2.75, 3.05) is 18.0 Å². The molecule has 2 atom stereocenters. The molecule has 0 saturated carbocycles. The van der Waals surface area contributed by atoms with E-state index in [2.05, 4.69) is 18.7 Å². The fourth-order valence-corrected chi connectivity index (χ4v) is 2.74. The van der Waals surface area contributed by atoms with E-state index >= 15 is 0 Å². The Morgan fingerprint density at radius 3 is 2.61 bits per heavy atom. The Bertz CT molecular complexity index is 417. The van der Waals surface area contributed by atoms with Gasteiger partial charge in [-0.15, -0.1) is 0 Å². The first kappa shape index (κ1) is 13.3. The Kier molecular flexibility index (Phi) is 3.91. The number of nitrogens with zero attached hydrogens (tertiary/aromatic N) is 1. The van der Waals surface area contributed by atoms with Gasteiger partial charge in [-0.25, -0.2) is 4.39 Å². The van der Waals surface area contributed by atoms with Crippen LogP contribution in [0.25, 0.3) is 0 Å². The first-order valence-electron chi connectivity index (χ1n) is 6.72. The zero-order valence-corrected chi connectivity index (χ0v) is 11.4. The largest absolute Gasteiger partial charge is 0.389 e. The van der Waals surface area contributed by atoms with E-state index in [-0.39, 0.29) is 5.82 Å². The first-order chi connectivity index (χ1) is 8.50. The maximum atomic E-state index is 14.0. The molecule has 18 heavy (non-hydrogen) atoms. The number of benzene rings is 1. The fourth-order valence-electron chi connectivity index (χ4n) is 2.74. The maximum absolute atomic E-state index is 14.0. The normalized spacial score (nSPS) is 21.7. The van der Waals surface area contributed by atoms with Crippen LogP contribution in [0.4, 0.5) is 10.1 Å². The molecule has 2 nitrogen and oxygen atoms in total. The zero-order chi connectivity index (χ0) is 13.3. The van der Waals surface area contributed by atoms with E-state index in [1.54, 1.807) is 13.0 Å². The molecule has 0 amide bonds. The summed E-state index contributed by atoms with van der Waals surface area (Å²) in [5.41, 5.74) is 1.29. The van der Waals surface area contributed by atoms with Gasteiger partial charge >= 0.3 is 0 Å². The molecule has 2 unspecified atom stereocenters. The summed E-state index contributed by atoms with van der Waals surface area (Å²) < 4.78 is 14.0. The number of rotatable bonds is 3. The van der Waals surface area contributed by atoms with E-state index in [0.717, 1.165) is 19.5 Å². The summed E-state index contributed by atoms with van der Waals surface area (Å²) in [6.07, 6.45) is 0.472. The van der Waals surface area contributed by atoms with E-state index < -0.39 is 6.10 Å². The smallest absolute Gasteiger partial charge is 0.146 e. The highest BCUT2D eigenvalue weighted by Gasteiger charge is 2.28. The minimum Gasteiger partial charge on any atom is -0.389 e. The van der Waals surface area contributed by atoms with Gasteiger partial charge in [0, 0.05) is 18.7 Å². The molecule has 1 aromatic rings. The van der Waals surface area contributed by atoms with Gasteiger partial charge < -0.3 is 10.0 Å². The van der Waals surface area contributed by atoms with Crippen LogP contribution in [0, 0.1) is 17.7 Å². The summed E-state index contributed by atoms with van der Waals surface area (Å²) in [5, 5.41) is 9.77. The molecule has 1 heterocycles. The third-order valence-electron chi connectivity index (χ3n) is 3.95. The first-order valence-corrected chi connectivity index (χ1v) is 6.72. The zero-order valence-electron chi connectivity index (χ0n) is 11.4. The molecular formula is C15H22FNO. The van der Waals surface area contributed by atoms with Gasteiger partial charge in [-0.2, -0.15) is 0 Å². The SMILES string of the molecule is CC(O)c1cccc(F)c1N1CCC(C(C)C)C1. The minimum atomic E-state index is -0.631. The lowest BCUT2D eigenvalue weighted by atomic mass is 9.95. The molecule has 1 aliphatic heterocycles. The van der Waals surface area contributed by atoms with Crippen molar-refractivity contribution in [1.29, 1.82) is 0 Å². The summed E-state index contributed by atoms with van der Waals surface area (Å²) in [5.74, 6) is 1.01. The molecule has 0 spiro atoms. The van der Waals surface area contributed by atoms with Crippen molar-refractivity contribution in [1.82, 2.24) is 0 Å². The van der Waals surface area contributed by atoms with Crippen LogP contribution >= 0.6 is 0 Å². The van der Waals surface area contributed by atoms with Crippen LogP contribution in [0.2, 0.25) is 0 Å². The monoisotopic (exact) mass is 251 g/mol. The Hall–Kier alpha value is -1.09. The Balaban J connectivity index is 2.29. The van der Waals surface area contributed by atoms with E-state index in [1.165, 1.54) is 6.07 Å². The van der Waals surface area contributed by atoms with E-state index in [1.807, 2.05) is 6.07 Å². The van der Waals surface area contributed by atoms with Crippen LogP contribution in [-0.4, -0.2) is 18.2 Å². The molecule has 1 fully saturated rings. The number of halogens is 1. The van der Waals surface area contributed by atoms with Gasteiger partial charge in [-0.05, 0) is 31.2 Å². The Morgan fingerprint density at radius 1 is 1.33 bits per heavy atom. The van der Waals surface area contributed by atoms with Gasteiger partial charge in [-0.3, -0.25) is 0 Å². The van der Waals surface area contributed by atoms with Gasteiger partial charge in [0.15, 0.2) is 0 Å². The molecule has 3 heteroatoms. The predicted molar refractivity (Wildman–Crippen MR) is 72.2 cm³/mol. The summed E-state index contributed by atoms with van der Waals surface area (Å²) in [6, 6.07) is 4.95. The molecule has 2 rings (SSSR count). The van der Waals surface area contributed by atoms with Gasteiger partial charge in [0.1, 0.15) is 5.82 Å². The number of hydrogen-bond acceptors (Lipinski definition) is 2. The molecule has 0 aromatic heterocycles. The Labute approximate surface area is 108 Å². The van der Waals surface area contributed by atoms with E-state index in [0.29, 0.717) is 23.1 Å². The lowest BCUT2D eigenvalue weighted by Crippen LogP contribution is -2.24. The number of aliphatic hydroxyl groups excluding tert-OH is 1.